The van der Waals surface area contributed by atoms with Crippen LogP contribution in [-0.4, -0.2) is 14.6 Å². The summed E-state index contributed by atoms with van der Waals surface area (Å²) in [4.78, 5) is 29.5. The second kappa shape index (κ2) is 7.94. The van der Waals surface area contributed by atoms with Crippen LogP contribution in [-0.2, 0) is 6.42 Å². The van der Waals surface area contributed by atoms with Crippen LogP contribution in [0.4, 0.5) is 0 Å². The molecule has 0 aliphatic heterocycles. The fourth-order valence-electron chi connectivity index (χ4n) is 3.21. The molecule has 3 heterocycles. The van der Waals surface area contributed by atoms with Gasteiger partial charge in [0.1, 0.15) is 21.7 Å². The zero-order valence-electron chi connectivity index (χ0n) is 16.0. The molecule has 6 nitrogen and oxygen atoms in total. The molecule has 0 bridgehead atoms. The van der Waals surface area contributed by atoms with Crippen molar-refractivity contribution in [2.45, 2.75) is 6.42 Å². The molecule has 0 atom stereocenters. The summed E-state index contributed by atoms with van der Waals surface area (Å²) in [5.41, 5.74) is 1.13. The molecule has 0 aliphatic rings. The summed E-state index contributed by atoms with van der Waals surface area (Å²) < 4.78 is 7.39. The second-order valence-corrected chi connectivity index (χ2v) is 8.23. The first-order valence-electron chi connectivity index (χ1n) is 9.41. The molecule has 5 rings (SSSR count). The fraction of sp³-hybridized carbons (Fsp3) is 0.0435. The largest absolute Gasteiger partial charge is 0.457 e. The molecule has 152 valence electrons. The fourth-order valence-corrected chi connectivity index (χ4v) is 4.32. The van der Waals surface area contributed by atoms with Crippen molar-refractivity contribution in [3.8, 4) is 11.3 Å². The predicted molar refractivity (Wildman–Crippen MR) is 121 cm³/mol. The number of fused-ring (bicyclic) bond motifs is 1. The first-order valence-corrected chi connectivity index (χ1v) is 10.6. The van der Waals surface area contributed by atoms with Crippen LogP contribution >= 0.6 is 22.9 Å². The van der Waals surface area contributed by atoms with E-state index in [9.17, 15) is 9.59 Å². The van der Waals surface area contributed by atoms with Crippen LogP contribution in [0, 0.1) is 0 Å². The highest BCUT2D eigenvalue weighted by atomic mass is 35.5. The van der Waals surface area contributed by atoms with Gasteiger partial charge in [-0.05, 0) is 29.8 Å². The van der Waals surface area contributed by atoms with Crippen LogP contribution < -0.4 is 15.7 Å². The molecule has 0 unspecified atom stereocenters. The third-order valence-electron chi connectivity index (χ3n) is 4.70. The molecule has 0 aliphatic carbocycles. The molecule has 3 aromatic heterocycles. The van der Waals surface area contributed by atoms with E-state index < -0.39 is 5.56 Å². The Morgan fingerprint density at radius 3 is 2.58 bits per heavy atom. The van der Waals surface area contributed by atoms with Gasteiger partial charge in [0.15, 0.2) is 0 Å². The maximum Gasteiger partial charge on any atom is 0.296 e. The maximum absolute atomic E-state index is 12.9. The molecule has 5 aromatic rings. The Labute approximate surface area is 184 Å². The molecule has 0 fully saturated rings. The Bertz CT molecular complexity index is 1570. The van der Waals surface area contributed by atoms with E-state index in [1.165, 1.54) is 4.52 Å². The van der Waals surface area contributed by atoms with Crippen LogP contribution in [0.15, 0.2) is 80.7 Å². The Morgan fingerprint density at radius 2 is 1.77 bits per heavy atom. The van der Waals surface area contributed by atoms with Gasteiger partial charge in [-0.3, -0.25) is 9.59 Å². The molecule has 0 radical (unpaired) electrons. The minimum atomic E-state index is -0.435. The maximum atomic E-state index is 12.9. The number of benzene rings is 2. The smallest absolute Gasteiger partial charge is 0.296 e. The number of nitrogens with zero attached hydrogens (tertiary/aromatic N) is 3. The second-order valence-electron chi connectivity index (χ2n) is 6.82. The lowest BCUT2D eigenvalue weighted by Gasteiger charge is -1.99. The minimum absolute atomic E-state index is 0.226. The summed E-state index contributed by atoms with van der Waals surface area (Å²) >= 11 is 7.32. The normalized spacial score (nSPS) is 12.0. The predicted octanol–water partition coefficient (Wildman–Crippen LogP) is 3.56. The van der Waals surface area contributed by atoms with E-state index in [1.807, 2.05) is 48.5 Å². The van der Waals surface area contributed by atoms with E-state index >= 15 is 0 Å². The number of halogens is 1. The van der Waals surface area contributed by atoms with Gasteiger partial charge in [0.2, 0.25) is 4.96 Å². The highest BCUT2D eigenvalue weighted by molar-refractivity contribution is 7.15. The summed E-state index contributed by atoms with van der Waals surface area (Å²) in [6.07, 6.45) is 1.92. The highest BCUT2D eigenvalue weighted by Crippen LogP contribution is 2.29. The summed E-state index contributed by atoms with van der Waals surface area (Å²) in [7, 11) is 0. The highest BCUT2D eigenvalue weighted by Gasteiger charge is 2.13. The van der Waals surface area contributed by atoms with Gasteiger partial charge < -0.3 is 4.42 Å². The first kappa shape index (κ1) is 19.4. The number of hydrogen-bond donors (Lipinski definition) is 0. The van der Waals surface area contributed by atoms with Gasteiger partial charge in [0.05, 0.1) is 5.02 Å². The van der Waals surface area contributed by atoms with Gasteiger partial charge in [-0.2, -0.15) is 14.6 Å². The molecule has 0 saturated carbocycles. The van der Waals surface area contributed by atoms with Gasteiger partial charge in [-0.15, -0.1) is 0 Å². The first-order chi connectivity index (χ1) is 15.1. The number of thiazole rings is 1. The van der Waals surface area contributed by atoms with E-state index in [1.54, 1.807) is 24.3 Å². The SMILES string of the molecule is O=c1nc2s/c(=C\c3ccc(-c4ccccc4Cl)o3)c(=O)n2nc1Cc1ccccc1. The standard InChI is InChI=1S/C23H14ClN3O3S/c24-17-9-5-4-8-16(17)19-11-10-15(30-19)13-20-22(29)27-23(31-20)25-21(28)18(26-27)12-14-6-2-1-3-7-14/h1-11,13H,12H2/b20-13-. The number of hydrogen-bond acceptors (Lipinski definition) is 6. The monoisotopic (exact) mass is 447 g/mol. The van der Waals surface area contributed by atoms with Crippen molar-refractivity contribution in [2.75, 3.05) is 0 Å². The van der Waals surface area contributed by atoms with Crippen molar-refractivity contribution < 1.29 is 4.42 Å². The van der Waals surface area contributed by atoms with Crippen LogP contribution in [0.25, 0.3) is 22.4 Å². The Hall–Kier alpha value is -3.55. The van der Waals surface area contributed by atoms with Gasteiger partial charge in [0, 0.05) is 18.1 Å². The Morgan fingerprint density at radius 1 is 1.00 bits per heavy atom. The lowest BCUT2D eigenvalue weighted by atomic mass is 10.1. The third kappa shape index (κ3) is 3.81. The molecule has 8 heteroatoms. The molecular weight excluding hydrogens is 434 g/mol. The van der Waals surface area contributed by atoms with Crippen LogP contribution in [0.1, 0.15) is 17.0 Å². The molecule has 31 heavy (non-hydrogen) atoms. The van der Waals surface area contributed by atoms with Gasteiger partial charge >= 0.3 is 0 Å². The molecule has 2 aromatic carbocycles. The summed E-state index contributed by atoms with van der Waals surface area (Å²) in [6.45, 7) is 0. The van der Waals surface area contributed by atoms with Crippen molar-refractivity contribution in [1.82, 2.24) is 14.6 Å². The molecule has 0 spiro atoms. The van der Waals surface area contributed by atoms with Gasteiger partial charge in [-0.1, -0.05) is 65.4 Å². The minimum Gasteiger partial charge on any atom is -0.457 e. The average molecular weight is 448 g/mol. The van der Waals surface area contributed by atoms with Crippen molar-refractivity contribution in [3.63, 3.8) is 0 Å². The van der Waals surface area contributed by atoms with Gasteiger partial charge in [-0.25, -0.2) is 0 Å². The van der Waals surface area contributed by atoms with Crippen LogP contribution in [0.3, 0.4) is 0 Å². The summed E-state index contributed by atoms with van der Waals surface area (Å²) in [5, 5.41) is 4.84. The average Bonchev–Trinajstić information content (AvgIpc) is 3.35. The van der Waals surface area contributed by atoms with Gasteiger partial charge in [0.25, 0.3) is 11.1 Å². The summed E-state index contributed by atoms with van der Waals surface area (Å²) in [5.74, 6) is 1.09. The molecule has 0 amide bonds. The van der Waals surface area contributed by atoms with Crippen molar-refractivity contribution in [3.05, 3.63) is 114 Å². The van der Waals surface area contributed by atoms with E-state index in [0.717, 1.165) is 22.5 Å². The van der Waals surface area contributed by atoms with Crippen molar-refractivity contribution in [2.24, 2.45) is 0 Å². The van der Waals surface area contributed by atoms with E-state index in [0.29, 0.717) is 27.5 Å². The summed E-state index contributed by atoms with van der Waals surface area (Å²) in [6, 6.07) is 20.4. The Kier molecular flexibility index (Phi) is 4.97. The van der Waals surface area contributed by atoms with E-state index in [4.69, 9.17) is 16.0 Å². The third-order valence-corrected chi connectivity index (χ3v) is 5.99. The Balaban J connectivity index is 1.55. The van der Waals surface area contributed by atoms with Crippen LogP contribution in [0.2, 0.25) is 5.02 Å². The van der Waals surface area contributed by atoms with Crippen molar-refractivity contribution in [1.29, 1.82) is 0 Å². The zero-order valence-corrected chi connectivity index (χ0v) is 17.6. The van der Waals surface area contributed by atoms with E-state index in [-0.39, 0.29) is 16.2 Å². The number of rotatable bonds is 4. The van der Waals surface area contributed by atoms with Crippen LogP contribution in [0.5, 0.6) is 0 Å². The zero-order chi connectivity index (χ0) is 21.4. The number of furan rings is 1. The topological polar surface area (TPSA) is 77.5 Å². The van der Waals surface area contributed by atoms with E-state index in [2.05, 4.69) is 10.1 Å². The molecule has 0 saturated heterocycles. The molecular formula is C23H14ClN3O3S. The lowest BCUT2D eigenvalue weighted by Crippen LogP contribution is -2.28. The lowest BCUT2D eigenvalue weighted by molar-refractivity contribution is 0.571. The quantitative estimate of drug-likeness (QED) is 0.421. The van der Waals surface area contributed by atoms with Crippen molar-refractivity contribution >= 4 is 34.0 Å². The number of aromatic nitrogens is 3. The molecule has 0 N–H and O–H groups in total.